The van der Waals surface area contributed by atoms with E-state index < -0.39 is 0 Å². The molecule has 0 amide bonds. The number of fused-ring (bicyclic) bond motifs is 1. The van der Waals surface area contributed by atoms with Gasteiger partial charge in [0.2, 0.25) is 0 Å². The normalized spacial score (nSPS) is 10.4. The van der Waals surface area contributed by atoms with Crippen molar-refractivity contribution < 1.29 is 19.1 Å². The average molecular weight is 321 g/mol. The Morgan fingerprint density at radius 1 is 1.08 bits per heavy atom. The number of nitrogens with zero attached hydrogens (tertiary/aromatic N) is 1. The molecule has 3 aromatic rings. The van der Waals surface area contributed by atoms with E-state index in [0.717, 1.165) is 16.5 Å². The van der Waals surface area contributed by atoms with Gasteiger partial charge in [-0.25, -0.2) is 0 Å². The molecule has 1 heterocycles. The molecule has 0 aliphatic heterocycles. The molecule has 5 nitrogen and oxygen atoms in total. The largest absolute Gasteiger partial charge is 0.496 e. The molecule has 0 atom stereocenters. The first-order valence-corrected chi connectivity index (χ1v) is 7.37. The van der Waals surface area contributed by atoms with Crippen molar-refractivity contribution in [1.29, 1.82) is 0 Å². The molecule has 0 saturated carbocycles. The number of Topliss-reactive ketones (excluding diaryl/α,β-unsaturated/α-hetero) is 1. The fourth-order valence-corrected chi connectivity index (χ4v) is 2.65. The number of benzene rings is 2. The van der Waals surface area contributed by atoms with Gasteiger partial charge in [0.05, 0.1) is 18.2 Å². The van der Waals surface area contributed by atoms with Crippen LogP contribution in [-0.4, -0.2) is 24.3 Å². The van der Waals surface area contributed by atoms with Crippen molar-refractivity contribution >= 4 is 23.2 Å². The SMILES string of the molecule is COc1ccc(CC(=O)c2ccccc2OC=O)c2ncccc12. The van der Waals surface area contributed by atoms with E-state index in [0.29, 0.717) is 17.8 Å². The first-order valence-electron chi connectivity index (χ1n) is 7.37. The van der Waals surface area contributed by atoms with Crippen LogP contribution in [0.4, 0.5) is 0 Å². The zero-order chi connectivity index (χ0) is 16.9. The molecule has 0 N–H and O–H groups in total. The lowest BCUT2D eigenvalue weighted by molar-refractivity contribution is -0.120. The molecule has 1 aromatic heterocycles. The van der Waals surface area contributed by atoms with Crippen LogP contribution >= 0.6 is 0 Å². The number of para-hydroxylation sites is 1. The van der Waals surface area contributed by atoms with Gasteiger partial charge < -0.3 is 9.47 Å². The Labute approximate surface area is 138 Å². The van der Waals surface area contributed by atoms with Crippen LogP contribution in [0.3, 0.4) is 0 Å². The van der Waals surface area contributed by atoms with Crippen molar-refractivity contribution in [3.63, 3.8) is 0 Å². The molecule has 0 aliphatic carbocycles. The fraction of sp³-hybridized carbons (Fsp3) is 0.105. The summed E-state index contributed by atoms with van der Waals surface area (Å²) in [5.74, 6) is 0.812. The lowest BCUT2D eigenvalue weighted by atomic mass is 9.99. The Morgan fingerprint density at radius 2 is 1.92 bits per heavy atom. The monoisotopic (exact) mass is 321 g/mol. The van der Waals surface area contributed by atoms with E-state index in [1.54, 1.807) is 37.6 Å². The smallest absolute Gasteiger partial charge is 0.298 e. The maximum absolute atomic E-state index is 12.7. The number of methoxy groups -OCH3 is 1. The Balaban J connectivity index is 1.99. The summed E-state index contributed by atoms with van der Waals surface area (Å²) in [5.41, 5.74) is 1.88. The second-order valence-electron chi connectivity index (χ2n) is 5.14. The Bertz CT molecular complexity index is 905. The number of hydrogen-bond acceptors (Lipinski definition) is 5. The van der Waals surface area contributed by atoms with Gasteiger partial charge in [-0.1, -0.05) is 18.2 Å². The molecule has 2 aromatic carbocycles. The number of hydrogen-bond donors (Lipinski definition) is 0. The topological polar surface area (TPSA) is 65.5 Å². The predicted molar refractivity (Wildman–Crippen MR) is 89.5 cm³/mol. The molecule has 0 saturated heterocycles. The van der Waals surface area contributed by atoms with Crippen LogP contribution in [0.2, 0.25) is 0 Å². The van der Waals surface area contributed by atoms with Gasteiger partial charge in [-0.05, 0) is 35.9 Å². The van der Waals surface area contributed by atoms with E-state index in [-0.39, 0.29) is 18.0 Å². The minimum absolute atomic E-state index is 0.149. The number of aromatic nitrogens is 1. The summed E-state index contributed by atoms with van der Waals surface area (Å²) < 4.78 is 10.2. The van der Waals surface area contributed by atoms with Gasteiger partial charge in [0, 0.05) is 18.0 Å². The van der Waals surface area contributed by atoms with Crippen LogP contribution in [0.5, 0.6) is 11.5 Å². The van der Waals surface area contributed by atoms with Crippen molar-refractivity contribution in [3.8, 4) is 11.5 Å². The zero-order valence-electron chi connectivity index (χ0n) is 13.1. The highest BCUT2D eigenvalue weighted by Crippen LogP contribution is 2.28. The van der Waals surface area contributed by atoms with E-state index in [1.165, 1.54) is 0 Å². The Morgan fingerprint density at radius 3 is 2.71 bits per heavy atom. The van der Waals surface area contributed by atoms with Gasteiger partial charge in [0.15, 0.2) is 5.78 Å². The third-order valence-corrected chi connectivity index (χ3v) is 3.75. The molecule has 0 aliphatic rings. The molecule has 0 spiro atoms. The number of ketones is 1. The molecule has 0 unspecified atom stereocenters. The molecule has 120 valence electrons. The third kappa shape index (κ3) is 2.96. The summed E-state index contributed by atoms with van der Waals surface area (Å²) in [6.07, 6.45) is 1.83. The molecular weight excluding hydrogens is 306 g/mol. The van der Waals surface area contributed by atoms with Crippen molar-refractivity contribution in [2.45, 2.75) is 6.42 Å². The fourth-order valence-electron chi connectivity index (χ4n) is 2.65. The zero-order valence-corrected chi connectivity index (χ0v) is 13.1. The first-order chi connectivity index (χ1) is 11.7. The number of carbonyl (C=O) groups excluding carboxylic acids is 2. The first kappa shape index (κ1) is 15.7. The van der Waals surface area contributed by atoms with Crippen molar-refractivity contribution in [2.24, 2.45) is 0 Å². The van der Waals surface area contributed by atoms with E-state index in [1.807, 2.05) is 24.3 Å². The van der Waals surface area contributed by atoms with Crippen molar-refractivity contribution in [3.05, 3.63) is 65.9 Å². The van der Waals surface area contributed by atoms with Gasteiger partial charge in [-0.15, -0.1) is 0 Å². The van der Waals surface area contributed by atoms with Crippen LogP contribution in [0.1, 0.15) is 15.9 Å². The van der Waals surface area contributed by atoms with Crippen molar-refractivity contribution in [2.75, 3.05) is 7.11 Å². The van der Waals surface area contributed by atoms with Crippen LogP contribution < -0.4 is 9.47 Å². The highest BCUT2D eigenvalue weighted by molar-refractivity contribution is 6.02. The maximum Gasteiger partial charge on any atom is 0.298 e. The summed E-state index contributed by atoms with van der Waals surface area (Å²) in [6.45, 7) is 0.316. The molecule has 0 fully saturated rings. The van der Waals surface area contributed by atoms with Crippen LogP contribution in [0.25, 0.3) is 10.9 Å². The molecule has 24 heavy (non-hydrogen) atoms. The van der Waals surface area contributed by atoms with Gasteiger partial charge >= 0.3 is 0 Å². The van der Waals surface area contributed by atoms with Crippen LogP contribution in [0, 0.1) is 0 Å². The Kier molecular flexibility index (Phi) is 4.52. The highest BCUT2D eigenvalue weighted by Gasteiger charge is 2.16. The minimum atomic E-state index is -0.149. The summed E-state index contributed by atoms with van der Waals surface area (Å²) in [6, 6.07) is 14.0. The maximum atomic E-state index is 12.7. The predicted octanol–water partition coefficient (Wildman–Crippen LogP) is 3.20. The molecule has 3 rings (SSSR count). The second-order valence-corrected chi connectivity index (χ2v) is 5.14. The standard InChI is InChI=1S/C19H15NO4/c1-23-17-9-8-13(19-15(17)6-4-10-20-19)11-16(22)14-5-2-3-7-18(14)24-12-21/h2-10,12H,11H2,1H3. The Hall–Kier alpha value is -3.21. The summed E-state index contributed by atoms with van der Waals surface area (Å²) in [4.78, 5) is 27.6. The van der Waals surface area contributed by atoms with Gasteiger partial charge in [0.1, 0.15) is 11.5 Å². The van der Waals surface area contributed by atoms with Crippen molar-refractivity contribution in [1.82, 2.24) is 4.98 Å². The average Bonchev–Trinajstić information content (AvgIpc) is 2.62. The van der Waals surface area contributed by atoms with Crippen LogP contribution in [0.15, 0.2) is 54.7 Å². The summed E-state index contributed by atoms with van der Waals surface area (Å²) in [5, 5.41) is 0.850. The minimum Gasteiger partial charge on any atom is -0.496 e. The highest BCUT2D eigenvalue weighted by atomic mass is 16.5. The van der Waals surface area contributed by atoms with E-state index >= 15 is 0 Å². The number of ether oxygens (including phenoxy) is 2. The van der Waals surface area contributed by atoms with Crippen LogP contribution in [-0.2, 0) is 11.2 Å². The molecular formula is C19H15NO4. The van der Waals surface area contributed by atoms with Gasteiger partial charge in [0.25, 0.3) is 6.47 Å². The van der Waals surface area contributed by atoms with Gasteiger partial charge in [-0.3, -0.25) is 14.6 Å². The van der Waals surface area contributed by atoms with E-state index in [2.05, 4.69) is 4.98 Å². The summed E-state index contributed by atoms with van der Waals surface area (Å²) in [7, 11) is 1.60. The number of rotatable bonds is 6. The lowest BCUT2D eigenvalue weighted by Crippen LogP contribution is -2.07. The second kappa shape index (κ2) is 6.91. The molecule has 0 bridgehead atoms. The summed E-state index contributed by atoms with van der Waals surface area (Å²) >= 11 is 0. The van der Waals surface area contributed by atoms with Gasteiger partial charge in [-0.2, -0.15) is 0 Å². The molecule has 0 radical (unpaired) electrons. The number of carbonyl (C=O) groups is 2. The quantitative estimate of drug-likeness (QED) is 0.515. The number of pyridine rings is 1. The molecule has 5 heteroatoms. The van der Waals surface area contributed by atoms with E-state index in [4.69, 9.17) is 9.47 Å². The van der Waals surface area contributed by atoms with E-state index in [9.17, 15) is 9.59 Å². The lowest BCUT2D eigenvalue weighted by Gasteiger charge is -2.10. The third-order valence-electron chi connectivity index (χ3n) is 3.75.